The van der Waals surface area contributed by atoms with E-state index in [2.05, 4.69) is 10.3 Å². The van der Waals surface area contributed by atoms with E-state index in [4.69, 9.17) is 10.2 Å². The first-order valence-electron chi connectivity index (χ1n) is 4.98. The molecule has 0 aliphatic heterocycles. The molecule has 0 saturated heterocycles. The minimum atomic E-state index is -0.361. The third-order valence-electron chi connectivity index (χ3n) is 2.14. The lowest BCUT2D eigenvalue weighted by Crippen LogP contribution is -2.36. The van der Waals surface area contributed by atoms with Crippen LogP contribution in [0.5, 0.6) is 5.75 Å². The van der Waals surface area contributed by atoms with E-state index in [-0.39, 0.29) is 23.7 Å². The summed E-state index contributed by atoms with van der Waals surface area (Å²) in [7, 11) is 0. The summed E-state index contributed by atoms with van der Waals surface area (Å²) >= 11 is 0. The SMILES string of the molecule is CC(C)(CO)CNC(=O)c1cncc(O)c1. The monoisotopic (exact) mass is 224 g/mol. The number of aromatic hydroxyl groups is 1. The molecule has 0 unspecified atom stereocenters. The maximum Gasteiger partial charge on any atom is 0.253 e. The molecule has 0 aliphatic carbocycles. The Hall–Kier alpha value is -1.62. The van der Waals surface area contributed by atoms with Crippen molar-refractivity contribution in [3.05, 3.63) is 24.0 Å². The number of amides is 1. The van der Waals surface area contributed by atoms with Crippen LogP contribution in [-0.2, 0) is 0 Å². The van der Waals surface area contributed by atoms with E-state index in [0.717, 1.165) is 0 Å². The lowest BCUT2D eigenvalue weighted by Gasteiger charge is -2.21. The van der Waals surface area contributed by atoms with Crippen molar-refractivity contribution in [1.29, 1.82) is 0 Å². The molecule has 5 nitrogen and oxygen atoms in total. The Morgan fingerprint density at radius 3 is 2.75 bits per heavy atom. The molecule has 1 heterocycles. The van der Waals surface area contributed by atoms with Crippen LogP contribution < -0.4 is 5.32 Å². The van der Waals surface area contributed by atoms with E-state index in [1.807, 2.05) is 13.8 Å². The van der Waals surface area contributed by atoms with Gasteiger partial charge in [0, 0.05) is 24.8 Å². The second kappa shape index (κ2) is 4.94. The third kappa shape index (κ3) is 3.51. The highest BCUT2D eigenvalue weighted by Gasteiger charge is 2.18. The Morgan fingerprint density at radius 1 is 1.50 bits per heavy atom. The van der Waals surface area contributed by atoms with Gasteiger partial charge in [0.15, 0.2) is 0 Å². The zero-order valence-corrected chi connectivity index (χ0v) is 9.40. The number of nitrogens with zero attached hydrogens (tertiary/aromatic N) is 1. The van der Waals surface area contributed by atoms with Gasteiger partial charge in [0.2, 0.25) is 0 Å². The number of nitrogens with one attached hydrogen (secondary N) is 1. The van der Waals surface area contributed by atoms with E-state index in [0.29, 0.717) is 12.1 Å². The number of carbonyl (C=O) groups excluding carboxylic acids is 1. The maximum absolute atomic E-state index is 11.6. The van der Waals surface area contributed by atoms with E-state index in [9.17, 15) is 4.79 Å². The Balaban J connectivity index is 2.60. The Bertz CT molecular complexity index is 377. The van der Waals surface area contributed by atoms with Gasteiger partial charge in [0.25, 0.3) is 5.91 Å². The molecule has 1 aromatic heterocycles. The highest BCUT2D eigenvalue weighted by atomic mass is 16.3. The summed E-state index contributed by atoms with van der Waals surface area (Å²) in [4.78, 5) is 15.3. The summed E-state index contributed by atoms with van der Waals surface area (Å²) in [5, 5.41) is 20.8. The van der Waals surface area contributed by atoms with E-state index >= 15 is 0 Å². The average molecular weight is 224 g/mol. The molecule has 0 radical (unpaired) electrons. The number of aliphatic hydroxyl groups excluding tert-OH is 1. The average Bonchev–Trinajstić information content (AvgIpc) is 2.26. The number of aliphatic hydroxyl groups is 1. The predicted octanol–water partition coefficient (Wildman–Crippen LogP) is 0.535. The smallest absolute Gasteiger partial charge is 0.253 e. The predicted molar refractivity (Wildman–Crippen MR) is 59.1 cm³/mol. The summed E-state index contributed by atoms with van der Waals surface area (Å²) in [6.07, 6.45) is 2.63. The molecule has 0 fully saturated rings. The summed E-state index contributed by atoms with van der Waals surface area (Å²) in [6.45, 7) is 4.03. The van der Waals surface area contributed by atoms with Crippen LogP contribution in [0.1, 0.15) is 24.2 Å². The fraction of sp³-hybridized carbons (Fsp3) is 0.455. The van der Waals surface area contributed by atoms with Crippen molar-refractivity contribution in [2.75, 3.05) is 13.2 Å². The first-order valence-corrected chi connectivity index (χ1v) is 4.98. The van der Waals surface area contributed by atoms with Crippen molar-refractivity contribution < 1.29 is 15.0 Å². The van der Waals surface area contributed by atoms with E-state index in [1.165, 1.54) is 18.5 Å². The van der Waals surface area contributed by atoms with Crippen LogP contribution in [0.15, 0.2) is 18.5 Å². The molecule has 0 aliphatic rings. The number of aromatic nitrogens is 1. The molecule has 1 aromatic rings. The summed E-state index contributed by atoms with van der Waals surface area (Å²) in [5.74, 6) is -0.362. The Morgan fingerprint density at radius 2 is 2.19 bits per heavy atom. The van der Waals surface area contributed by atoms with Crippen molar-refractivity contribution in [2.45, 2.75) is 13.8 Å². The van der Waals surface area contributed by atoms with Crippen LogP contribution in [0.2, 0.25) is 0 Å². The molecule has 88 valence electrons. The minimum Gasteiger partial charge on any atom is -0.506 e. The third-order valence-corrected chi connectivity index (χ3v) is 2.14. The quantitative estimate of drug-likeness (QED) is 0.697. The number of hydrogen-bond acceptors (Lipinski definition) is 4. The number of rotatable bonds is 4. The van der Waals surface area contributed by atoms with Crippen LogP contribution in [0.3, 0.4) is 0 Å². The Labute approximate surface area is 94.1 Å². The molecule has 0 saturated carbocycles. The zero-order chi connectivity index (χ0) is 12.2. The molecule has 0 atom stereocenters. The minimum absolute atomic E-state index is 0.00836. The normalized spacial score (nSPS) is 11.2. The molecule has 0 spiro atoms. The van der Waals surface area contributed by atoms with Crippen molar-refractivity contribution in [3.8, 4) is 5.75 Å². The lowest BCUT2D eigenvalue weighted by atomic mass is 9.95. The molecule has 1 rings (SSSR count). The van der Waals surface area contributed by atoms with Gasteiger partial charge >= 0.3 is 0 Å². The van der Waals surface area contributed by atoms with Crippen LogP contribution in [0.25, 0.3) is 0 Å². The van der Waals surface area contributed by atoms with Crippen molar-refractivity contribution in [3.63, 3.8) is 0 Å². The summed E-state index contributed by atoms with van der Waals surface area (Å²) < 4.78 is 0. The van der Waals surface area contributed by atoms with Gasteiger partial charge in [-0.05, 0) is 6.07 Å². The largest absolute Gasteiger partial charge is 0.506 e. The molecule has 0 aromatic carbocycles. The van der Waals surface area contributed by atoms with Gasteiger partial charge in [0.1, 0.15) is 5.75 Å². The molecule has 5 heteroatoms. The van der Waals surface area contributed by atoms with Gasteiger partial charge in [-0.3, -0.25) is 9.78 Å². The fourth-order valence-corrected chi connectivity index (χ4v) is 1.03. The van der Waals surface area contributed by atoms with Crippen LogP contribution in [-0.4, -0.2) is 34.3 Å². The standard InChI is InChI=1S/C11H16N2O3/c1-11(2,7-14)6-13-10(16)8-3-9(15)5-12-4-8/h3-5,14-15H,6-7H2,1-2H3,(H,13,16). The van der Waals surface area contributed by atoms with Crippen molar-refractivity contribution in [1.82, 2.24) is 10.3 Å². The van der Waals surface area contributed by atoms with Gasteiger partial charge in [-0.1, -0.05) is 13.8 Å². The van der Waals surface area contributed by atoms with Gasteiger partial charge in [0.05, 0.1) is 11.8 Å². The second-order valence-corrected chi connectivity index (χ2v) is 4.44. The summed E-state index contributed by atoms with van der Waals surface area (Å²) in [5.41, 5.74) is -0.0614. The van der Waals surface area contributed by atoms with Gasteiger partial charge in [-0.15, -0.1) is 0 Å². The first kappa shape index (κ1) is 12.4. The molecular formula is C11H16N2O3. The molecule has 0 bridgehead atoms. The van der Waals surface area contributed by atoms with Gasteiger partial charge < -0.3 is 15.5 Å². The first-order chi connectivity index (χ1) is 7.44. The lowest BCUT2D eigenvalue weighted by molar-refractivity contribution is 0.0910. The van der Waals surface area contributed by atoms with Crippen LogP contribution in [0, 0.1) is 5.41 Å². The number of carbonyl (C=O) groups is 1. The van der Waals surface area contributed by atoms with E-state index < -0.39 is 0 Å². The molecule has 3 N–H and O–H groups in total. The van der Waals surface area contributed by atoms with Crippen molar-refractivity contribution >= 4 is 5.91 Å². The molecule has 1 amide bonds. The Kier molecular flexibility index (Phi) is 3.84. The van der Waals surface area contributed by atoms with Gasteiger partial charge in [-0.25, -0.2) is 0 Å². The van der Waals surface area contributed by atoms with E-state index in [1.54, 1.807) is 0 Å². The molecule has 16 heavy (non-hydrogen) atoms. The van der Waals surface area contributed by atoms with Gasteiger partial charge in [-0.2, -0.15) is 0 Å². The fourth-order valence-electron chi connectivity index (χ4n) is 1.03. The maximum atomic E-state index is 11.6. The zero-order valence-electron chi connectivity index (χ0n) is 9.40. The van der Waals surface area contributed by atoms with Crippen LogP contribution >= 0.6 is 0 Å². The van der Waals surface area contributed by atoms with Crippen LogP contribution in [0.4, 0.5) is 0 Å². The summed E-state index contributed by atoms with van der Waals surface area (Å²) in [6, 6.07) is 1.34. The highest BCUT2D eigenvalue weighted by molar-refractivity contribution is 5.94. The topological polar surface area (TPSA) is 82.5 Å². The molecular weight excluding hydrogens is 208 g/mol. The number of pyridine rings is 1. The second-order valence-electron chi connectivity index (χ2n) is 4.44. The van der Waals surface area contributed by atoms with Crippen molar-refractivity contribution in [2.24, 2.45) is 5.41 Å². The highest BCUT2D eigenvalue weighted by Crippen LogP contribution is 2.12. The number of hydrogen-bond donors (Lipinski definition) is 3.